The average Bonchev–Trinajstić information content (AvgIpc) is 3.23. The molecular formula is C23H27ClN2O4. The van der Waals surface area contributed by atoms with Crippen molar-refractivity contribution in [2.75, 3.05) is 40.5 Å². The van der Waals surface area contributed by atoms with Crippen LogP contribution in [0.15, 0.2) is 36.4 Å². The standard InChI is InChI=1S/C23H27ClN2O4/c1-25(14-17-12-18(24)6-8-20(17)28-2)15-23(27)26-9-3-4-19(26)16-5-7-21-22(13-16)30-11-10-29-21/h5-8,12-13,19H,3-4,9-11,14-15H2,1-2H3. The first-order valence-electron chi connectivity index (χ1n) is 10.2. The number of likely N-dealkylation sites (N-methyl/N-ethyl adjacent to an activating group) is 1. The Balaban J connectivity index is 1.43. The van der Waals surface area contributed by atoms with Crippen molar-refractivity contribution in [3.05, 3.63) is 52.5 Å². The molecule has 4 rings (SSSR count). The maximum atomic E-state index is 13.1. The van der Waals surface area contributed by atoms with Gasteiger partial charge in [0.2, 0.25) is 5.91 Å². The van der Waals surface area contributed by atoms with E-state index in [1.165, 1.54) is 0 Å². The van der Waals surface area contributed by atoms with E-state index in [1.54, 1.807) is 13.2 Å². The second-order valence-electron chi connectivity index (χ2n) is 7.78. The summed E-state index contributed by atoms with van der Waals surface area (Å²) < 4.78 is 16.8. The van der Waals surface area contributed by atoms with E-state index in [2.05, 4.69) is 0 Å². The van der Waals surface area contributed by atoms with Crippen molar-refractivity contribution in [3.8, 4) is 17.2 Å². The van der Waals surface area contributed by atoms with E-state index < -0.39 is 0 Å². The number of hydrogen-bond donors (Lipinski definition) is 0. The van der Waals surface area contributed by atoms with Gasteiger partial charge in [-0.1, -0.05) is 17.7 Å². The normalized spacial score (nSPS) is 18.0. The van der Waals surface area contributed by atoms with Crippen LogP contribution in [0.25, 0.3) is 0 Å². The number of amides is 1. The zero-order chi connectivity index (χ0) is 21.1. The van der Waals surface area contributed by atoms with Gasteiger partial charge < -0.3 is 19.1 Å². The molecule has 0 spiro atoms. The number of rotatable bonds is 6. The van der Waals surface area contributed by atoms with Gasteiger partial charge in [-0.3, -0.25) is 9.69 Å². The molecule has 0 saturated carbocycles. The minimum absolute atomic E-state index is 0.0717. The Labute approximate surface area is 182 Å². The Morgan fingerprint density at radius 2 is 2.00 bits per heavy atom. The van der Waals surface area contributed by atoms with E-state index in [0.29, 0.717) is 31.3 Å². The Morgan fingerprint density at radius 3 is 2.80 bits per heavy atom. The fraction of sp³-hybridized carbons (Fsp3) is 0.435. The Hall–Kier alpha value is -2.44. The van der Waals surface area contributed by atoms with E-state index in [4.69, 9.17) is 25.8 Å². The number of halogens is 1. The summed E-state index contributed by atoms with van der Waals surface area (Å²) in [7, 11) is 3.58. The van der Waals surface area contributed by atoms with Gasteiger partial charge in [0.15, 0.2) is 11.5 Å². The minimum atomic E-state index is 0.0717. The van der Waals surface area contributed by atoms with Gasteiger partial charge in [-0.2, -0.15) is 0 Å². The third kappa shape index (κ3) is 4.50. The van der Waals surface area contributed by atoms with E-state index in [-0.39, 0.29) is 11.9 Å². The fourth-order valence-electron chi connectivity index (χ4n) is 4.22. The molecule has 0 bridgehead atoms. The number of ether oxygens (including phenoxy) is 3. The monoisotopic (exact) mass is 430 g/mol. The highest BCUT2D eigenvalue weighted by atomic mass is 35.5. The predicted octanol–water partition coefficient (Wildman–Crippen LogP) is 3.92. The van der Waals surface area contributed by atoms with Crippen molar-refractivity contribution in [3.63, 3.8) is 0 Å². The fourth-order valence-corrected chi connectivity index (χ4v) is 4.41. The summed E-state index contributed by atoms with van der Waals surface area (Å²) in [6.07, 6.45) is 1.95. The lowest BCUT2D eigenvalue weighted by Gasteiger charge is -2.28. The van der Waals surface area contributed by atoms with Crippen LogP contribution in [-0.2, 0) is 11.3 Å². The number of methoxy groups -OCH3 is 1. The van der Waals surface area contributed by atoms with Gasteiger partial charge in [0.1, 0.15) is 19.0 Å². The van der Waals surface area contributed by atoms with Gasteiger partial charge in [0.25, 0.3) is 0 Å². The van der Waals surface area contributed by atoms with Crippen LogP contribution in [0.3, 0.4) is 0 Å². The lowest BCUT2D eigenvalue weighted by atomic mass is 10.0. The molecule has 1 unspecified atom stereocenters. The molecule has 2 heterocycles. The average molecular weight is 431 g/mol. The van der Waals surface area contributed by atoms with Crippen molar-refractivity contribution in [2.45, 2.75) is 25.4 Å². The topological polar surface area (TPSA) is 51.2 Å². The van der Waals surface area contributed by atoms with Gasteiger partial charge in [-0.15, -0.1) is 0 Å². The van der Waals surface area contributed by atoms with Crippen molar-refractivity contribution in [1.82, 2.24) is 9.80 Å². The summed E-state index contributed by atoms with van der Waals surface area (Å²) in [6.45, 7) is 2.81. The minimum Gasteiger partial charge on any atom is -0.496 e. The highest BCUT2D eigenvalue weighted by Crippen LogP contribution is 2.38. The summed E-state index contributed by atoms with van der Waals surface area (Å²) in [6, 6.07) is 11.6. The zero-order valence-corrected chi connectivity index (χ0v) is 18.2. The van der Waals surface area contributed by atoms with Crippen molar-refractivity contribution < 1.29 is 19.0 Å². The van der Waals surface area contributed by atoms with Crippen LogP contribution < -0.4 is 14.2 Å². The van der Waals surface area contributed by atoms with Gasteiger partial charge in [0, 0.05) is 23.7 Å². The highest BCUT2D eigenvalue weighted by molar-refractivity contribution is 6.30. The summed E-state index contributed by atoms with van der Waals surface area (Å²) in [4.78, 5) is 17.1. The predicted molar refractivity (Wildman–Crippen MR) is 115 cm³/mol. The number of fused-ring (bicyclic) bond motifs is 1. The molecule has 2 aliphatic heterocycles. The number of carbonyl (C=O) groups excluding carboxylic acids is 1. The number of hydrogen-bond acceptors (Lipinski definition) is 5. The molecule has 1 fully saturated rings. The quantitative estimate of drug-likeness (QED) is 0.695. The highest BCUT2D eigenvalue weighted by Gasteiger charge is 2.31. The van der Waals surface area contributed by atoms with Gasteiger partial charge >= 0.3 is 0 Å². The molecule has 2 aromatic carbocycles. The summed E-state index contributed by atoms with van der Waals surface area (Å²) >= 11 is 6.14. The molecule has 7 heteroatoms. The molecular weight excluding hydrogens is 404 g/mol. The maximum Gasteiger partial charge on any atom is 0.237 e. The maximum absolute atomic E-state index is 13.1. The second-order valence-corrected chi connectivity index (χ2v) is 8.21. The molecule has 0 aliphatic carbocycles. The molecule has 1 atom stereocenters. The zero-order valence-electron chi connectivity index (χ0n) is 17.4. The third-order valence-corrected chi connectivity index (χ3v) is 5.85. The molecule has 6 nitrogen and oxygen atoms in total. The van der Waals surface area contributed by atoms with Crippen molar-refractivity contribution in [2.24, 2.45) is 0 Å². The van der Waals surface area contributed by atoms with Gasteiger partial charge in [-0.25, -0.2) is 0 Å². The van der Waals surface area contributed by atoms with Crippen LogP contribution >= 0.6 is 11.6 Å². The number of carbonyl (C=O) groups is 1. The van der Waals surface area contributed by atoms with Gasteiger partial charge in [0.05, 0.1) is 19.7 Å². The number of likely N-dealkylation sites (tertiary alicyclic amines) is 1. The first-order valence-corrected chi connectivity index (χ1v) is 10.6. The van der Waals surface area contributed by atoms with Crippen molar-refractivity contribution in [1.29, 1.82) is 0 Å². The van der Waals surface area contributed by atoms with E-state index in [1.807, 2.05) is 47.2 Å². The molecule has 2 aliphatic rings. The van der Waals surface area contributed by atoms with Crippen molar-refractivity contribution >= 4 is 17.5 Å². The lowest BCUT2D eigenvalue weighted by molar-refractivity contribution is -0.133. The summed E-state index contributed by atoms with van der Waals surface area (Å²) in [5.41, 5.74) is 2.06. The van der Waals surface area contributed by atoms with Crippen LogP contribution in [0.2, 0.25) is 5.02 Å². The summed E-state index contributed by atoms with van der Waals surface area (Å²) in [5.74, 6) is 2.43. The Bertz CT molecular complexity index is 920. The third-order valence-electron chi connectivity index (χ3n) is 5.61. The Kier molecular flexibility index (Phi) is 6.35. The van der Waals surface area contributed by atoms with E-state index >= 15 is 0 Å². The van der Waals surface area contributed by atoms with Crippen LogP contribution in [0, 0.1) is 0 Å². The first-order chi connectivity index (χ1) is 14.5. The molecule has 2 aromatic rings. The molecule has 1 amide bonds. The molecule has 30 heavy (non-hydrogen) atoms. The lowest BCUT2D eigenvalue weighted by Crippen LogP contribution is -2.38. The molecule has 0 aromatic heterocycles. The molecule has 160 valence electrons. The van der Waals surface area contributed by atoms with E-state index in [0.717, 1.165) is 47.8 Å². The van der Waals surface area contributed by atoms with Crippen LogP contribution in [0.4, 0.5) is 0 Å². The smallest absolute Gasteiger partial charge is 0.237 e. The van der Waals surface area contributed by atoms with E-state index in [9.17, 15) is 4.79 Å². The van der Waals surface area contributed by atoms with Gasteiger partial charge in [-0.05, 0) is 55.8 Å². The second kappa shape index (κ2) is 9.14. The SMILES string of the molecule is COc1ccc(Cl)cc1CN(C)CC(=O)N1CCCC1c1ccc2c(c1)OCCO2. The Morgan fingerprint density at radius 1 is 1.20 bits per heavy atom. The largest absolute Gasteiger partial charge is 0.496 e. The summed E-state index contributed by atoms with van der Waals surface area (Å²) in [5, 5.41) is 0.656. The van der Waals surface area contributed by atoms with Crippen LogP contribution in [0.5, 0.6) is 17.2 Å². The number of benzene rings is 2. The first kappa shape index (κ1) is 20.8. The van der Waals surface area contributed by atoms with Crippen LogP contribution in [-0.4, -0.2) is 56.2 Å². The molecule has 0 N–H and O–H groups in total. The molecule has 0 radical (unpaired) electrons. The number of nitrogens with zero attached hydrogens (tertiary/aromatic N) is 2. The molecule has 1 saturated heterocycles. The van der Waals surface area contributed by atoms with Crippen LogP contribution in [0.1, 0.15) is 30.0 Å².